The van der Waals surface area contributed by atoms with Gasteiger partial charge in [0.05, 0.1) is 22.2 Å². The summed E-state index contributed by atoms with van der Waals surface area (Å²) in [6.07, 6.45) is 1.29. The van der Waals surface area contributed by atoms with Gasteiger partial charge >= 0.3 is 0 Å². The molecule has 0 radical (unpaired) electrons. The summed E-state index contributed by atoms with van der Waals surface area (Å²) in [5, 5.41) is 15.6. The van der Waals surface area contributed by atoms with E-state index in [0.717, 1.165) is 5.56 Å². The second-order valence-corrected chi connectivity index (χ2v) is 6.09. The predicted octanol–water partition coefficient (Wildman–Crippen LogP) is 3.06. The molecule has 0 bridgehead atoms. The van der Waals surface area contributed by atoms with Crippen LogP contribution in [0.4, 0.5) is 5.69 Å². The van der Waals surface area contributed by atoms with E-state index in [1.54, 1.807) is 24.3 Å². The number of non-ortho nitro benzene ring substituents is 1. The largest absolute Gasteiger partial charge is 0.337 e. The number of halogens is 1. The van der Waals surface area contributed by atoms with Crippen molar-refractivity contribution in [1.29, 1.82) is 0 Å². The molecule has 0 aliphatic rings. The molecule has 0 saturated carbocycles. The summed E-state index contributed by atoms with van der Waals surface area (Å²) in [7, 11) is 0. The lowest BCUT2D eigenvalue weighted by molar-refractivity contribution is -0.384. The van der Waals surface area contributed by atoms with E-state index in [0.29, 0.717) is 10.8 Å². The highest BCUT2D eigenvalue weighted by molar-refractivity contribution is 6.30. The molecular formula is C17H10ClN5O4. The summed E-state index contributed by atoms with van der Waals surface area (Å²) in [5.74, 6) is 0.601. The summed E-state index contributed by atoms with van der Waals surface area (Å²) in [4.78, 5) is 31.2. The number of hydrogen-bond donors (Lipinski definition) is 0. The van der Waals surface area contributed by atoms with Crippen LogP contribution in [0.3, 0.4) is 0 Å². The third-order valence-corrected chi connectivity index (χ3v) is 4.15. The standard InChI is InChI=1S/C17H10ClN5O4/c18-11-3-1-10(2-4-11)16-20-15(27-21-16)8-22-9-19-14-7-12(23(25)26)5-6-13(14)17(22)24/h1-7,9H,8H2. The summed E-state index contributed by atoms with van der Waals surface area (Å²) in [6, 6.07) is 10.8. The Bertz CT molecular complexity index is 1220. The van der Waals surface area contributed by atoms with E-state index >= 15 is 0 Å². The zero-order chi connectivity index (χ0) is 19.0. The molecule has 4 rings (SSSR count). The van der Waals surface area contributed by atoms with Gasteiger partial charge in [-0.15, -0.1) is 0 Å². The molecule has 10 heteroatoms. The molecule has 2 heterocycles. The Balaban J connectivity index is 1.65. The molecule has 27 heavy (non-hydrogen) atoms. The van der Waals surface area contributed by atoms with E-state index in [2.05, 4.69) is 15.1 Å². The minimum Gasteiger partial charge on any atom is -0.337 e. The van der Waals surface area contributed by atoms with E-state index in [1.165, 1.54) is 29.1 Å². The van der Waals surface area contributed by atoms with Crippen molar-refractivity contribution in [2.24, 2.45) is 0 Å². The molecule has 0 saturated heterocycles. The first-order valence-electron chi connectivity index (χ1n) is 7.73. The van der Waals surface area contributed by atoms with E-state index < -0.39 is 4.92 Å². The molecule has 134 valence electrons. The maximum Gasteiger partial charge on any atom is 0.271 e. The fraction of sp³-hybridized carbons (Fsp3) is 0.0588. The molecule has 9 nitrogen and oxygen atoms in total. The van der Waals surface area contributed by atoms with Crippen LogP contribution < -0.4 is 5.56 Å². The summed E-state index contributed by atoms with van der Waals surface area (Å²) >= 11 is 5.86. The Labute approximate surface area is 156 Å². The van der Waals surface area contributed by atoms with Crippen LogP contribution in [0, 0.1) is 10.1 Å². The number of nitro benzene ring substituents is 1. The Morgan fingerprint density at radius 1 is 1.19 bits per heavy atom. The minimum absolute atomic E-state index is 0.0271. The lowest BCUT2D eigenvalue weighted by Gasteiger charge is -2.03. The number of nitrogens with zero attached hydrogens (tertiary/aromatic N) is 5. The van der Waals surface area contributed by atoms with E-state index in [4.69, 9.17) is 16.1 Å². The number of rotatable bonds is 4. The van der Waals surface area contributed by atoms with Crippen LogP contribution in [0.1, 0.15) is 5.89 Å². The Morgan fingerprint density at radius 3 is 2.70 bits per heavy atom. The van der Waals surface area contributed by atoms with Crippen molar-refractivity contribution >= 4 is 28.2 Å². The molecule has 0 amide bonds. The quantitative estimate of drug-likeness (QED) is 0.392. The lowest BCUT2D eigenvalue weighted by Crippen LogP contribution is -2.21. The summed E-state index contributed by atoms with van der Waals surface area (Å²) < 4.78 is 6.50. The van der Waals surface area contributed by atoms with Gasteiger partial charge in [0, 0.05) is 22.7 Å². The van der Waals surface area contributed by atoms with Crippen LogP contribution in [0.2, 0.25) is 5.02 Å². The van der Waals surface area contributed by atoms with Crippen LogP contribution in [0.15, 0.2) is 58.1 Å². The van der Waals surface area contributed by atoms with Gasteiger partial charge in [-0.05, 0) is 30.3 Å². The van der Waals surface area contributed by atoms with Gasteiger partial charge in [0.25, 0.3) is 11.2 Å². The summed E-state index contributed by atoms with van der Waals surface area (Å²) in [5.41, 5.74) is 0.487. The Morgan fingerprint density at radius 2 is 1.96 bits per heavy atom. The molecule has 0 N–H and O–H groups in total. The van der Waals surface area contributed by atoms with Gasteiger partial charge in [0.1, 0.15) is 6.54 Å². The molecule has 0 spiro atoms. The number of benzene rings is 2. The van der Waals surface area contributed by atoms with Crippen LogP contribution >= 0.6 is 11.6 Å². The summed E-state index contributed by atoms with van der Waals surface area (Å²) in [6.45, 7) is 0.0271. The van der Waals surface area contributed by atoms with Gasteiger partial charge in [0.2, 0.25) is 11.7 Å². The number of hydrogen-bond acceptors (Lipinski definition) is 7. The zero-order valence-electron chi connectivity index (χ0n) is 13.6. The Kier molecular flexibility index (Phi) is 4.13. The highest BCUT2D eigenvalue weighted by Gasteiger charge is 2.13. The van der Waals surface area contributed by atoms with Crippen LogP contribution in [0.25, 0.3) is 22.3 Å². The predicted molar refractivity (Wildman–Crippen MR) is 96.5 cm³/mol. The average molecular weight is 384 g/mol. The second-order valence-electron chi connectivity index (χ2n) is 5.65. The fourth-order valence-electron chi connectivity index (χ4n) is 2.55. The molecule has 0 aliphatic carbocycles. The topological polar surface area (TPSA) is 117 Å². The fourth-order valence-corrected chi connectivity index (χ4v) is 2.68. The van der Waals surface area contributed by atoms with E-state index in [9.17, 15) is 14.9 Å². The van der Waals surface area contributed by atoms with Crippen molar-refractivity contribution < 1.29 is 9.45 Å². The SMILES string of the molecule is O=c1c2ccc([N+](=O)[O-])cc2ncn1Cc1nc(-c2ccc(Cl)cc2)no1. The van der Waals surface area contributed by atoms with Crippen molar-refractivity contribution in [3.63, 3.8) is 0 Å². The van der Waals surface area contributed by atoms with Crippen molar-refractivity contribution in [2.45, 2.75) is 6.54 Å². The number of fused-ring (bicyclic) bond motifs is 1. The zero-order valence-corrected chi connectivity index (χ0v) is 14.3. The molecule has 0 unspecified atom stereocenters. The van der Waals surface area contributed by atoms with Crippen LogP contribution in [0.5, 0.6) is 0 Å². The molecule has 0 atom stereocenters. The Hall–Kier alpha value is -3.59. The first kappa shape index (κ1) is 16.9. The molecule has 0 aliphatic heterocycles. The monoisotopic (exact) mass is 383 g/mol. The maximum absolute atomic E-state index is 12.6. The molecule has 0 fully saturated rings. The van der Waals surface area contributed by atoms with Crippen molar-refractivity contribution in [1.82, 2.24) is 19.7 Å². The molecule has 2 aromatic carbocycles. The average Bonchev–Trinajstić information content (AvgIpc) is 3.13. The van der Waals surface area contributed by atoms with E-state index in [1.807, 2.05) is 0 Å². The van der Waals surface area contributed by atoms with Gasteiger partial charge in [-0.2, -0.15) is 4.98 Å². The van der Waals surface area contributed by atoms with Gasteiger partial charge in [-0.3, -0.25) is 19.5 Å². The van der Waals surface area contributed by atoms with Gasteiger partial charge in [0.15, 0.2) is 0 Å². The highest BCUT2D eigenvalue weighted by Crippen LogP contribution is 2.19. The number of nitro groups is 1. The molecule has 4 aromatic rings. The lowest BCUT2D eigenvalue weighted by atomic mass is 10.2. The van der Waals surface area contributed by atoms with Crippen molar-refractivity contribution in [3.8, 4) is 11.4 Å². The normalized spacial score (nSPS) is 11.0. The van der Waals surface area contributed by atoms with Crippen molar-refractivity contribution in [3.05, 3.63) is 80.2 Å². The molecular weight excluding hydrogens is 374 g/mol. The van der Waals surface area contributed by atoms with Crippen molar-refractivity contribution in [2.75, 3.05) is 0 Å². The van der Waals surface area contributed by atoms with E-state index in [-0.39, 0.29) is 34.6 Å². The molecule has 2 aromatic heterocycles. The minimum atomic E-state index is -0.538. The maximum atomic E-state index is 12.6. The second kappa shape index (κ2) is 6.61. The third kappa shape index (κ3) is 3.27. The number of aromatic nitrogens is 4. The highest BCUT2D eigenvalue weighted by atomic mass is 35.5. The van der Waals surface area contributed by atoms with Gasteiger partial charge in [-0.25, -0.2) is 4.98 Å². The van der Waals surface area contributed by atoms with Crippen LogP contribution in [-0.2, 0) is 6.54 Å². The van der Waals surface area contributed by atoms with Gasteiger partial charge in [-0.1, -0.05) is 16.8 Å². The first-order valence-corrected chi connectivity index (χ1v) is 8.11. The smallest absolute Gasteiger partial charge is 0.271 e. The van der Waals surface area contributed by atoms with Crippen LogP contribution in [-0.4, -0.2) is 24.6 Å². The van der Waals surface area contributed by atoms with Gasteiger partial charge < -0.3 is 4.52 Å². The first-order chi connectivity index (χ1) is 13.0. The third-order valence-electron chi connectivity index (χ3n) is 3.90.